The van der Waals surface area contributed by atoms with Gasteiger partial charge in [-0.05, 0) is 29.7 Å². The first-order valence-corrected chi connectivity index (χ1v) is 11.2. The Morgan fingerprint density at radius 1 is 1.00 bits per heavy atom. The van der Waals surface area contributed by atoms with Gasteiger partial charge in [0.25, 0.3) is 5.91 Å². The van der Waals surface area contributed by atoms with E-state index in [0.29, 0.717) is 44.0 Å². The highest BCUT2D eigenvalue weighted by molar-refractivity contribution is 8.00. The molecule has 0 bridgehead atoms. The second kappa shape index (κ2) is 9.34. The molecule has 7 heteroatoms. The van der Waals surface area contributed by atoms with Gasteiger partial charge < -0.3 is 14.7 Å². The topological polar surface area (TPSA) is 60.9 Å². The molecule has 0 aromatic heterocycles. The van der Waals surface area contributed by atoms with E-state index in [1.54, 1.807) is 21.6 Å². The molecule has 0 saturated carbocycles. The summed E-state index contributed by atoms with van der Waals surface area (Å²) in [6.45, 7) is 2.94. The smallest absolute Gasteiger partial charge is 0.253 e. The lowest BCUT2D eigenvalue weighted by Crippen LogP contribution is -2.48. The summed E-state index contributed by atoms with van der Waals surface area (Å²) in [6, 6.07) is 17.8. The molecular weight excluding hydrogens is 398 g/mol. The Bertz CT molecular complexity index is 896. The van der Waals surface area contributed by atoms with Crippen molar-refractivity contribution in [2.75, 3.05) is 38.5 Å². The maximum absolute atomic E-state index is 12.8. The molecule has 6 nitrogen and oxygen atoms in total. The summed E-state index contributed by atoms with van der Waals surface area (Å²) in [7, 11) is 0. The van der Waals surface area contributed by atoms with Crippen molar-refractivity contribution in [3.8, 4) is 0 Å². The zero-order valence-corrected chi connectivity index (χ0v) is 17.6. The third-order valence-electron chi connectivity index (χ3n) is 5.65. The number of hydrogen-bond acceptors (Lipinski definition) is 4. The minimum absolute atomic E-state index is 0.0109. The number of piperazine rings is 1. The Morgan fingerprint density at radius 3 is 2.37 bits per heavy atom. The summed E-state index contributed by atoms with van der Waals surface area (Å²) in [5.74, 6) is 0.638. The second-order valence-electron chi connectivity index (χ2n) is 7.54. The molecule has 2 heterocycles. The van der Waals surface area contributed by atoms with Gasteiger partial charge in [-0.2, -0.15) is 0 Å². The molecule has 0 radical (unpaired) electrons. The molecule has 2 aliphatic rings. The summed E-state index contributed by atoms with van der Waals surface area (Å²) in [6.07, 6.45) is 1.66. The monoisotopic (exact) mass is 423 g/mol. The van der Waals surface area contributed by atoms with E-state index in [1.165, 1.54) is 5.56 Å². The van der Waals surface area contributed by atoms with Gasteiger partial charge in [-0.3, -0.25) is 14.4 Å². The lowest BCUT2D eigenvalue weighted by Gasteiger charge is -2.32. The van der Waals surface area contributed by atoms with Crippen molar-refractivity contribution in [1.82, 2.24) is 14.7 Å². The van der Waals surface area contributed by atoms with E-state index in [0.717, 1.165) is 18.4 Å². The first kappa shape index (κ1) is 20.5. The van der Waals surface area contributed by atoms with Crippen molar-refractivity contribution in [3.05, 3.63) is 71.3 Å². The van der Waals surface area contributed by atoms with Crippen LogP contribution in [0.25, 0.3) is 0 Å². The van der Waals surface area contributed by atoms with Crippen molar-refractivity contribution in [2.24, 2.45) is 0 Å². The van der Waals surface area contributed by atoms with Gasteiger partial charge in [0.15, 0.2) is 0 Å². The number of benzene rings is 2. The predicted octanol–water partition coefficient (Wildman–Crippen LogP) is 2.42. The number of nitrogens with zero attached hydrogens (tertiary/aromatic N) is 3. The highest BCUT2D eigenvalue weighted by Crippen LogP contribution is 2.38. The standard InChI is InChI=1S/C23H25N3O3S/c27-17-24-12-14-25(15-13-24)22(29)19-6-8-20(9-7-19)23-26(21(28)16-30-23)11-10-18-4-2-1-3-5-18/h1-9,17,23H,10-16H2/t23-/m0/s1. The fraction of sp³-hybridized carbons (Fsp3) is 0.348. The predicted molar refractivity (Wildman–Crippen MR) is 117 cm³/mol. The highest BCUT2D eigenvalue weighted by Gasteiger charge is 2.32. The number of carbonyl (C=O) groups excluding carboxylic acids is 3. The van der Waals surface area contributed by atoms with E-state index in [4.69, 9.17) is 0 Å². The lowest BCUT2D eigenvalue weighted by atomic mass is 10.1. The van der Waals surface area contributed by atoms with Crippen LogP contribution in [-0.2, 0) is 16.0 Å². The van der Waals surface area contributed by atoms with Crippen molar-refractivity contribution in [3.63, 3.8) is 0 Å². The number of rotatable bonds is 6. The largest absolute Gasteiger partial charge is 0.342 e. The Kier molecular flexibility index (Phi) is 6.38. The van der Waals surface area contributed by atoms with Gasteiger partial charge in [0.2, 0.25) is 12.3 Å². The summed E-state index contributed by atoms with van der Waals surface area (Å²) in [5, 5.41) is -0.0125. The van der Waals surface area contributed by atoms with Crippen LogP contribution >= 0.6 is 11.8 Å². The molecule has 4 rings (SSSR count). The summed E-state index contributed by atoms with van der Waals surface area (Å²) in [5.41, 5.74) is 2.90. The van der Waals surface area contributed by atoms with Crippen LogP contribution < -0.4 is 0 Å². The van der Waals surface area contributed by atoms with Crippen molar-refractivity contribution in [2.45, 2.75) is 11.8 Å². The summed E-state index contributed by atoms with van der Waals surface area (Å²) in [4.78, 5) is 41.4. The third kappa shape index (κ3) is 4.51. The van der Waals surface area contributed by atoms with E-state index in [1.807, 2.05) is 47.4 Å². The SMILES string of the molecule is O=CN1CCN(C(=O)c2ccc([C@@H]3SCC(=O)N3CCc3ccccc3)cc2)CC1. The van der Waals surface area contributed by atoms with Gasteiger partial charge in [0.05, 0.1) is 5.75 Å². The van der Waals surface area contributed by atoms with Gasteiger partial charge >= 0.3 is 0 Å². The van der Waals surface area contributed by atoms with Crippen LogP contribution in [0.2, 0.25) is 0 Å². The van der Waals surface area contributed by atoms with Gasteiger partial charge in [-0.25, -0.2) is 0 Å². The van der Waals surface area contributed by atoms with Crippen LogP contribution in [0.5, 0.6) is 0 Å². The first-order valence-electron chi connectivity index (χ1n) is 10.2. The van der Waals surface area contributed by atoms with Gasteiger partial charge in [0.1, 0.15) is 5.37 Å². The Morgan fingerprint density at radius 2 is 1.70 bits per heavy atom. The van der Waals surface area contributed by atoms with Crippen LogP contribution in [0.1, 0.15) is 26.9 Å². The second-order valence-corrected chi connectivity index (χ2v) is 8.61. The van der Waals surface area contributed by atoms with Gasteiger partial charge in [-0.1, -0.05) is 42.5 Å². The normalized spacial score (nSPS) is 19.3. The van der Waals surface area contributed by atoms with Crippen molar-refractivity contribution >= 4 is 30.0 Å². The molecule has 2 saturated heterocycles. The van der Waals surface area contributed by atoms with E-state index in [9.17, 15) is 14.4 Å². The number of thioether (sulfide) groups is 1. The number of carbonyl (C=O) groups is 3. The van der Waals surface area contributed by atoms with Gasteiger partial charge in [-0.15, -0.1) is 11.8 Å². The first-order chi connectivity index (χ1) is 14.7. The fourth-order valence-electron chi connectivity index (χ4n) is 3.87. The number of hydrogen-bond donors (Lipinski definition) is 0. The van der Waals surface area contributed by atoms with Crippen LogP contribution in [0.15, 0.2) is 54.6 Å². The van der Waals surface area contributed by atoms with Gasteiger partial charge in [0, 0.05) is 38.3 Å². The Labute approximate surface area is 180 Å². The summed E-state index contributed by atoms with van der Waals surface area (Å²) >= 11 is 1.63. The zero-order valence-electron chi connectivity index (χ0n) is 16.8. The fourth-order valence-corrected chi connectivity index (χ4v) is 5.09. The molecule has 156 valence electrons. The Hall–Kier alpha value is -2.80. The quantitative estimate of drug-likeness (QED) is 0.670. The molecule has 2 aromatic rings. The average molecular weight is 424 g/mol. The van der Waals surface area contributed by atoms with E-state index >= 15 is 0 Å². The molecule has 2 fully saturated rings. The van der Waals surface area contributed by atoms with Crippen LogP contribution in [0.4, 0.5) is 0 Å². The highest BCUT2D eigenvalue weighted by atomic mass is 32.2. The molecular formula is C23H25N3O3S. The third-order valence-corrected chi connectivity index (χ3v) is 6.90. The molecule has 2 aliphatic heterocycles. The van der Waals surface area contributed by atoms with Crippen molar-refractivity contribution in [1.29, 1.82) is 0 Å². The molecule has 30 heavy (non-hydrogen) atoms. The number of amides is 3. The lowest BCUT2D eigenvalue weighted by molar-refractivity contribution is -0.128. The van der Waals surface area contributed by atoms with Crippen LogP contribution in [-0.4, -0.2) is 71.4 Å². The Balaban J connectivity index is 1.40. The minimum Gasteiger partial charge on any atom is -0.342 e. The summed E-state index contributed by atoms with van der Waals surface area (Å²) < 4.78 is 0. The van der Waals surface area contributed by atoms with Crippen LogP contribution in [0, 0.1) is 0 Å². The van der Waals surface area contributed by atoms with E-state index in [-0.39, 0.29) is 17.2 Å². The molecule has 3 amide bonds. The molecule has 2 aromatic carbocycles. The van der Waals surface area contributed by atoms with E-state index < -0.39 is 0 Å². The maximum Gasteiger partial charge on any atom is 0.253 e. The average Bonchev–Trinajstić information content (AvgIpc) is 3.18. The van der Waals surface area contributed by atoms with Crippen LogP contribution in [0.3, 0.4) is 0 Å². The molecule has 1 atom stereocenters. The van der Waals surface area contributed by atoms with Crippen molar-refractivity contribution < 1.29 is 14.4 Å². The molecule has 0 N–H and O–H groups in total. The molecule has 0 aliphatic carbocycles. The minimum atomic E-state index is -0.0125. The maximum atomic E-state index is 12.8. The molecule has 0 spiro atoms. The molecule has 0 unspecified atom stereocenters. The van der Waals surface area contributed by atoms with E-state index in [2.05, 4.69) is 12.1 Å². The zero-order chi connectivity index (χ0) is 20.9.